The molecular weight excluding hydrogens is 324 g/mol. The molecule has 0 aliphatic carbocycles. The summed E-state index contributed by atoms with van der Waals surface area (Å²) in [6.07, 6.45) is 0. The standard InChI is InChI=1S/C12H12N6.H2O4S/c13-17-10-6-5-9-11(12(10)18-14)16-8-4-2-1-3-7(8)15-9;1-5(2,3)4/h1-6,17-18H,13-14H2;(H2,1,2,3,4). The number of nitrogen functional groups attached to an aromatic ring is 2. The van der Waals surface area contributed by atoms with Gasteiger partial charge >= 0.3 is 10.4 Å². The summed E-state index contributed by atoms with van der Waals surface area (Å²) in [6.45, 7) is 0. The van der Waals surface area contributed by atoms with Gasteiger partial charge in [-0.15, -0.1) is 0 Å². The number of hydrogen-bond donors (Lipinski definition) is 6. The molecule has 0 radical (unpaired) electrons. The highest BCUT2D eigenvalue weighted by Crippen LogP contribution is 2.29. The van der Waals surface area contributed by atoms with Gasteiger partial charge in [0.15, 0.2) is 0 Å². The van der Waals surface area contributed by atoms with Crippen LogP contribution in [0.1, 0.15) is 0 Å². The van der Waals surface area contributed by atoms with E-state index in [0.29, 0.717) is 16.9 Å². The molecule has 3 aromatic rings. The van der Waals surface area contributed by atoms with Crippen LogP contribution in [0.25, 0.3) is 22.1 Å². The van der Waals surface area contributed by atoms with Crippen molar-refractivity contribution in [1.29, 1.82) is 0 Å². The number of aromatic nitrogens is 2. The van der Waals surface area contributed by atoms with Crippen LogP contribution >= 0.6 is 0 Å². The number of rotatable bonds is 2. The minimum atomic E-state index is -4.67. The van der Waals surface area contributed by atoms with Crippen molar-refractivity contribution in [3.63, 3.8) is 0 Å². The summed E-state index contributed by atoms with van der Waals surface area (Å²) in [4.78, 5) is 9.09. The third-order valence-electron chi connectivity index (χ3n) is 2.81. The minimum absolute atomic E-state index is 0.633. The molecule has 2 aromatic carbocycles. The van der Waals surface area contributed by atoms with Crippen LogP contribution in [0.15, 0.2) is 36.4 Å². The zero-order chi connectivity index (χ0) is 17.0. The Labute approximate surface area is 131 Å². The smallest absolute Gasteiger partial charge is 0.322 e. The third kappa shape index (κ3) is 4.21. The summed E-state index contributed by atoms with van der Waals surface area (Å²) in [5.41, 5.74) is 9.61. The van der Waals surface area contributed by atoms with E-state index in [1.54, 1.807) is 6.07 Å². The Morgan fingerprint density at radius 1 is 0.870 bits per heavy atom. The van der Waals surface area contributed by atoms with E-state index in [-0.39, 0.29) is 0 Å². The first-order chi connectivity index (χ1) is 10.8. The molecule has 0 spiro atoms. The highest BCUT2D eigenvalue weighted by molar-refractivity contribution is 7.79. The van der Waals surface area contributed by atoms with Crippen molar-refractivity contribution in [3.05, 3.63) is 36.4 Å². The molecule has 0 bridgehead atoms. The predicted molar refractivity (Wildman–Crippen MR) is 86.8 cm³/mol. The second-order valence-electron chi connectivity index (χ2n) is 4.30. The highest BCUT2D eigenvalue weighted by Gasteiger charge is 2.09. The Hall–Kier alpha value is -2.57. The number of nitrogens with one attached hydrogen (secondary N) is 2. The fourth-order valence-electron chi connectivity index (χ4n) is 1.95. The Bertz CT molecular complexity index is 939. The number of nitrogens with two attached hydrogens (primary N) is 2. The van der Waals surface area contributed by atoms with Gasteiger partial charge in [-0.05, 0) is 24.3 Å². The third-order valence-corrected chi connectivity index (χ3v) is 2.81. The molecule has 122 valence electrons. The first-order valence-corrected chi connectivity index (χ1v) is 7.56. The van der Waals surface area contributed by atoms with Gasteiger partial charge in [0, 0.05) is 0 Å². The maximum absolute atomic E-state index is 8.74. The van der Waals surface area contributed by atoms with E-state index in [2.05, 4.69) is 20.8 Å². The van der Waals surface area contributed by atoms with Crippen molar-refractivity contribution in [3.8, 4) is 0 Å². The van der Waals surface area contributed by atoms with Gasteiger partial charge in [0.25, 0.3) is 0 Å². The van der Waals surface area contributed by atoms with Crippen molar-refractivity contribution in [1.82, 2.24) is 9.97 Å². The van der Waals surface area contributed by atoms with Crippen molar-refractivity contribution in [2.75, 3.05) is 10.9 Å². The van der Waals surface area contributed by atoms with Gasteiger partial charge in [0.05, 0.1) is 22.2 Å². The van der Waals surface area contributed by atoms with E-state index in [4.69, 9.17) is 29.2 Å². The van der Waals surface area contributed by atoms with Crippen LogP contribution in [0.5, 0.6) is 0 Å². The summed E-state index contributed by atoms with van der Waals surface area (Å²) in [5, 5.41) is 0. The van der Waals surface area contributed by atoms with E-state index in [1.807, 2.05) is 30.3 Å². The molecule has 8 N–H and O–H groups in total. The Balaban J connectivity index is 0.000000338. The fraction of sp³-hybridized carbons (Fsp3) is 0. The zero-order valence-corrected chi connectivity index (χ0v) is 12.4. The van der Waals surface area contributed by atoms with Crippen molar-refractivity contribution >= 4 is 43.8 Å². The Morgan fingerprint density at radius 3 is 1.96 bits per heavy atom. The molecule has 0 saturated carbocycles. The number of hydrazine groups is 2. The lowest BCUT2D eigenvalue weighted by Gasteiger charge is -2.11. The SMILES string of the molecule is NNc1ccc2nc3ccccc3nc2c1NN.O=S(=O)(O)O. The number of benzene rings is 2. The molecule has 3 rings (SSSR count). The molecule has 0 saturated heterocycles. The van der Waals surface area contributed by atoms with Crippen molar-refractivity contribution in [2.24, 2.45) is 11.7 Å². The molecule has 1 heterocycles. The number of fused-ring (bicyclic) bond motifs is 2. The largest absolute Gasteiger partial charge is 0.394 e. The maximum atomic E-state index is 8.74. The van der Waals surface area contributed by atoms with Gasteiger partial charge in [0.1, 0.15) is 11.2 Å². The monoisotopic (exact) mass is 338 g/mol. The average Bonchev–Trinajstić information content (AvgIpc) is 2.50. The summed E-state index contributed by atoms with van der Waals surface area (Å²) in [6, 6.07) is 11.3. The maximum Gasteiger partial charge on any atom is 0.394 e. The molecule has 0 aliphatic rings. The molecule has 0 amide bonds. The van der Waals surface area contributed by atoms with E-state index in [9.17, 15) is 0 Å². The number of para-hydroxylation sites is 2. The molecule has 0 aliphatic heterocycles. The molecule has 11 heteroatoms. The average molecular weight is 338 g/mol. The second-order valence-corrected chi connectivity index (χ2v) is 5.20. The number of nitrogens with zero attached hydrogens (tertiary/aromatic N) is 2. The topological polar surface area (TPSA) is 176 Å². The van der Waals surface area contributed by atoms with Crippen LogP contribution in [0.2, 0.25) is 0 Å². The predicted octanol–water partition coefficient (Wildman–Crippen LogP) is 0.701. The lowest BCUT2D eigenvalue weighted by molar-refractivity contribution is 0.381. The van der Waals surface area contributed by atoms with E-state index >= 15 is 0 Å². The first kappa shape index (κ1) is 16.8. The van der Waals surface area contributed by atoms with Gasteiger partial charge in [-0.2, -0.15) is 8.42 Å². The molecule has 0 fully saturated rings. The fourth-order valence-corrected chi connectivity index (χ4v) is 1.95. The highest BCUT2D eigenvalue weighted by atomic mass is 32.3. The molecular formula is C12H14N6O4S. The van der Waals surface area contributed by atoms with Crippen LogP contribution in [-0.4, -0.2) is 27.5 Å². The van der Waals surface area contributed by atoms with Crippen LogP contribution in [0, 0.1) is 0 Å². The quantitative estimate of drug-likeness (QED) is 0.169. The van der Waals surface area contributed by atoms with E-state index in [0.717, 1.165) is 16.6 Å². The number of hydrogen-bond acceptors (Lipinski definition) is 8. The van der Waals surface area contributed by atoms with Crippen molar-refractivity contribution in [2.45, 2.75) is 0 Å². The van der Waals surface area contributed by atoms with Gasteiger partial charge in [-0.3, -0.25) is 20.8 Å². The van der Waals surface area contributed by atoms with Gasteiger partial charge < -0.3 is 10.9 Å². The van der Waals surface area contributed by atoms with Crippen molar-refractivity contribution < 1.29 is 17.5 Å². The molecule has 0 atom stereocenters. The van der Waals surface area contributed by atoms with Gasteiger partial charge in [-0.25, -0.2) is 9.97 Å². The minimum Gasteiger partial charge on any atom is -0.322 e. The van der Waals surface area contributed by atoms with Gasteiger partial charge in [-0.1, -0.05) is 12.1 Å². The Kier molecular flexibility index (Phi) is 4.88. The molecule has 23 heavy (non-hydrogen) atoms. The first-order valence-electron chi connectivity index (χ1n) is 6.16. The van der Waals surface area contributed by atoms with Crippen LogP contribution in [-0.2, 0) is 10.4 Å². The van der Waals surface area contributed by atoms with Crippen LogP contribution < -0.4 is 22.5 Å². The van der Waals surface area contributed by atoms with E-state index in [1.165, 1.54) is 0 Å². The van der Waals surface area contributed by atoms with Crippen LogP contribution in [0.3, 0.4) is 0 Å². The normalized spacial score (nSPS) is 11.0. The summed E-state index contributed by atoms with van der Waals surface area (Å²) < 4.78 is 31.6. The lowest BCUT2D eigenvalue weighted by Crippen LogP contribution is -2.14. The van der Waals surface area contributed by atoms with E-state index < -0.39 is 10.4 Å². The van der Waals surface area contributed by atoms with Crippen LogP contribution in [0.4, 0.5) is 11.4 Å². The molecule has 1 aromatic heterocycles. The zero-order valence-electron chi connectivity index (χ0n) is 11.6. The molecule has 10 nitrogen and oxygen atoms in total. The Morgan fingerprint density at radius 2 is 1.43 bits per heavy atom. The summed E-state index contributed by atoms with van der Waals surface area (Å²) >= 11 is 0. The lowest BCUT2D eigenvalue weighted by atomic mass is 10.2. The summed E-state index contributed by atoms with van der Waals surface area (Å²) in [7, 11) is -4.67. The molecule has 0 unspecified atom stereocenters. The second kappa shape index (κ2) is 6.68. The number of anilines is 2. The van der Waals surface area contributed by atoms with Gasteiger partial charge in [0.2, 0.25) is 0 Å². The summed E-state index contributed by atoms with van der Waals surface area (Å²) in [5.74, 6) is 11.0.